The van der Waals surface area contributed by atoms with Crippen molar-refractivity contribution in [3.05, 3.63) is 66.3 Å². The number of likely N-dealkylation sites (N-methyl/N-ethyl adjacent to an activating group) is 1. The van der Waals surface area contributed by atoms with Gasteiger partial charge >= 0.3 is 0 Å². The number of H-pyrrole nitrogens is 2. The first-order chi connectivity index (χ1) is 17.9. The lowest BCUT2D eigenvalue weighted by atomic mass is 10.1. The minimum absolute atomic E-state index is 0.123. The first kappa shape index (κ1) is 23.0. The zero-order valence-corrected chi connectivity index (χ0v) is 20.7. The third-order valence-electron chi connectivity index (χ3n) is 5.83. The van der Waals surface area contributed by atoms with Crippen LogP contribution in [0.4, 0.5) is 10.1 Å². The van der Waals surface area contributed by atoms with E-state index in [0.717, 1.165) is 60.7 Å². The lowest BCUT2D eigenvalue weighted by Gasteiger charge is -2.10. The molecule has 6 aromatic heterocycles. The molecule has 0 aliphatic rings. The Hall–Kier alpha value is -4.48. The number of carbonyl (C=O) groups excluding carboxylic acids is 1. The fraction of sp³-hybridized carbons (Fsp3) is 0.115. The van der Waals surface area contributed by atoms with E-state index < -0.39 is 0 Å². The smallest absolute Gasteiger partial charge is 0.238 e. The molecule has 0 aliphatic heterocycles. The van der Waals surface area contributed by atoms with Crippen LogP contribution < -0.4 is 5.32 Å². The molecule has 0 bridgehead atoms. The third kappa shape index (κ3) is 4.46. The van der Waals surface area contributed by atoms with Crippen molar-refractivity contribution in [2.75, 3.05) is 26.0 Å². The van der Waals surface area contributed by atoms with Crippen LogP contribution in [0.3, 0.4) is 0 Å². The van der Waals surface area contributed by atoms with Crippen molar-refractivity contribution in [3.8, 4) is 33.2 Å². The highest BCUT2D eigenvalue weighted by Crippen LogP contribution is 2.35. The minimum Gasteiger partial charge on any atom is -0.353 e. The van der Waals surface area contributed by atoms with Crippen LogP contribution in [0.1, 0.15) is 0 Å². The second kappa shape index (κ2) is 9.19. The van der Waals surface area contributed by atoms with Gasteiger partial charge in [-0.05, 0) is 50.5 Å². The van der Waals surface area contributed by atoms with E-state index in [9.17, 15) is 9.18 Å². The minimum atomic E-state index is -0.251. The second-order valence-corrected chi connectivity index (χ2v) is 9.88. The van der Waals surface area contributed by atoms with Gasteiger partial charge in [0.2, 0.25) is 5.91 Å². The maximum absolute atomic E-state index is 13.7. The lowest BCUT2D eigenvalue weighted by molar-refractivity contribution is -0.116. The van der Waals surface area contributed by atoms with Gasteiger partial charge in [-0.1, -0.05) is 0 Å². The van der Waals surface area contributed by atoms with Gasteiger partial charge in [-0.3, -0.25) is 24.8 Å². The molecule has 0 radical (unpaired) electrons. The number of aromatic amines is 2. The molecule has 37 heavy (non-hydrogen) atoms. The highest BCUT2D eigenvalue weighted by molar-refractivity contribution is 7.13. The van der Waals surface area contributed by atoms with E-state index in [1.165, 1.54) is 6.07 Å². The average Bonchev–Trinajstić information content (AvgIpc) is 3.60. The molecular formula is C26H21FN8OS. The van der Waals surface area contributed by atoms with Crippen LogP contribution in [0, 0.1) is 5.13 Å². The Labute approximate surface area is 214 Å². The molecule has 6 rings (SSSR count). The summed E-state index contributed by atoms with van der Waals surface area (Å²) >= 11 is 1.06. The van der Waals surface area contributed by atoms with Gasteiger partial charge < -0.3 is 15.2 Å². The van der Waals surface area contributed by atoms with Gasteiger partial charge in [-0.25, -0.2) is 0 Å². The number of thiophene rings is 1. The molecule has 1 amide bonds. The first-order valence-corrected chi connectivity index (χ1v) is 12.2. The van der Waals surface area contributed by atoms with Crippen LogP contribution in [-0.2, 0) is 4.79 Å². The summed E-state index contributed by atoms with van der Waals surface area (Å²) in [6, 6.07) is 10.8. The Morgan fingerprint density at radius 1 is 1.03 bits per heavy atom. The Morgan fingerprint density at radius 2 is 1.89 bits per heavy atom. The van der Waals surface area contributed by atoms with E-state index in [-0.39, 0.29) is 17.6 Å². The summed E-state index contributed by atoms with van der Waals surface area (Å²) in [6.07, 6.45) is 6.74. The van der Waals surface area contributed by atoms with Crippen LogP contribution in [-0.4, -0.2) is 61.6 Å². The number of nitrogens with zero attached hydrogens (tertiary/aromatic N) is 5. The first-order valence-electron chi connectivity index (χ1n) is 11.4. The van der Waals surface area contributed by atoms with Crippen LogP contribution in [0.5, 0.6) is 0 Å². The van der Waals surface area contributed by atoms with Crippen molar-refractivity contribution in [2.24, 2.45) is 0 Å². The van der Waals surface area contributed by atoms with Gasteiger partial charge in [-0.15, -0.1) is 11.3 Å². The van der Waals surface area contributed by atoms with E-state index >= 15 is 0 Å². The predicted molar refractivity (Wildman–Crippen MR) is 143 cm³/mol. The molecule has 6 aromatic rings. The largest absolute Gasteiger partial charge is 0.353 e. The summed E-state index contributed by atoms with van der Waals surface area (Å²) in [5.74, 6) is -0.123. The molecule has 11 heteroatoms. The fourth-order valence-corrected chi connectivity index (χ4v) is 4.98. The highest BCUT2D eigenvalue weighted by Gasteiger charge is 2.16. The lowest BCUT2D eigenvalue weighted by Crippen LogP contribution is -2.27. The molecule has 9 nitrogen and oxygen atoms in total. The van der Waals surface area contributed by atoms with E-state index in [1.807, 2.05) is 38.4 Å². The molecule has 0 fully saturated rings. The van der Waals surface area contributed by atoms with Gasteiger partial charge in [0.1, 0.15) is 5.69 Å². The van der Waals surface area contributed by atoms with Gasteiger partial charge in [0.25, 0.3) is 0 Å². The third-order valence-corrected chi connectivity index (χ3v) is 6.72. The average molecular weight is 513 g/mol. The standard InChI is InChI=1S/C26H21FN8OS/c1-35(2)13-24(36)31-15-7-14(10-28-11-15)19-8-17-21(12-30-19)33-34-25(17)20-9-16-18(32-20)5-6-29-26(16)22-3-4-23(27)37-22/h3-12,32H,13H2,1-2H3,(H,31,36)(H,33,34). The van der Waals surface area contributed by atoms with E-state index in [1.54, 1.807) is 35.8 Å². The van der Waals surface area contributed by atoms with Gasteiger partial charge in [0.05, 0.1) is 52.1 Å². The van der Waals surface area contributed by atoms with Crippen molar-refractivity contribution < 1.29 is 9.18 Å². The quantitative estimate of drug-likeness (QED) is 0.291. The maximum atomic E-state index is 13.7. The zero-order valence-electron chi connectivity index (χ0n) is 19.9. The summed E-state index contributed by atoms with van der Waals surface area (Å²) in [6.45, 7) is 0.274. The van der Waals surface area contributed by atoms with Crippen LogP contribution in [0.2, 0.25) is 0 Å². The molecular weight excluding hydrogens is 491 g/mol. The van der Waals surface area contributed by atoms with Crippen molar-refractivity contribution in [1.29, 1.82) is 0 Å². The van der Waals surface area contributed by atoms with Crippen LogP contribution >= 0.6 is 11.3 Å². The summed E-state index contributed by atoms with van der Waals surface area (Å²) in [5, 5.41) is 11.9. The summed E-state index contributed by atoms with van der Waals surface area (Å²) < 4.78 is 13.7. The number of carbonyl (C=O) groups is 1. The fourth-order valence-electron chi connectivity index (χ4n) is 4.24. The van der Waals surface area contributed by atoms with Crippen molar-refractivity contribution in [2.45, 2.75) is 0 Å². The van der Waals surface area contributed by atoms with E-state index in [0.29, 0.717) is 11.4 Å². The number of anilines is 1. The molecule has 0 unspecified atom stereocenters. The number of fused-ring (bicyclic) bond motifs is 2. The van der Waals surface area contributed by atoms with Gasteiger partial charge in [-0.2, -0.15) is 9.49 Å². The van der Waals surface area contributed by atoms with Crippen LogP contribution in [0.15, 0.2) is 61.2 Å². The topological polar surface area (TPSA) is 115 Å². The molecule has 0 aromatic carbocycles. The zero-order chi connectivity index (χ0) is 25.5. The van der Waals surface area contributed by atoms with Crippen molar-refractivity contribution >= 4 is 44.7 Å². The molecule has 0 spiro atoms. The van der Waals surface area contributed by atoms with E-state index in [4.69, 9.17) is 0 Å². The molecule has 6 heterocycles. The normalized spacial score (nSPS) is 11.6. The Morgan fingerprint density at radius 3 is 2.70 bits per heavy atom. The number of hydrogen-bond donors (Lipinski definition) is 3. The van der Waals surface area contributed by atoms with Gasteiger partial charge in [0.15, 0.2) is 5.13 Å². The van der Waals surface area contributed by atoms with Crippen LogP contribution in [0.25, 0.3) is 55.0 Å². The Kier molecular flexibility index (Phi) is 5.70. The van der Waals surface area contributed by atoms with Gasteiger partial charge in [0, 0.05) is 34.2 Å². The summed E-state index contributed by atoms with van der Waals surface area (Å²) in [4.78, 5) is 31.5. The van der Waals surface area contributed by atoms with E-state index in [2.05, 4.69) is 35.5 Å². The Bertz CT molecular complexity index is 1770. The second-order valence-electron chi connectivity index (χ2n) is 8.84. The molecule has 0 aliphatic carbocycles. The number of nitrogens with one attached hydrogen (secondary N) is 3. The molecule has 0 saturated carbocycles. The number of halogens is 1. The number of amides is 1. The molecule has 3 N–H and O–H groups in total. The SMILES string of the molecule is CN(C)CC(=O)Nc1cncc(-c2cc3c(-c4cc5c(-c6ccc(F)s6)nccc5[nH]4)n[nH]c3cn2)c1. The molecule has 184 valence electrons. The monoisotopic (exact) mass is 512 g/mol. The number of rotatable bonds is 6. The predicted octanol–water partition coefficient (Wildman–Crippen LogP) is 4.93. The Balaban J connectivity index is 1.38. The highest BCUT2D eigenvalue weighted by atomic mass is 32.1. The molecule has 0 saturated heterocycles. The summed E-state index contributed by atoms with van der Waals surface area (Å²) in [5.41, 5.74) is 5.95. The van der Waals surface area contributed by atoms with Crippen molar-refractivity contribution in [1.82, 2.24) is 35.0 Å². The maximum Gasteiger partial charge on any atom is 0.238 e. The number of hydrogen-bond acceptors (Lipinski definition) is 7. The summed E-state index contributed by atoms with van der Waals surface area (Å²) in [7, 11) is 3.67. The van der Waals surface area contributed by atoms with Crippen molar-refractivity contribution in [3.63, 3.8) is 0 Å². The number of aromatic nitrogens is 6. The molecule has 0 atom stereocenters. The number of pyridine rings is 3.